The zero-order chi connectivity index (χ0) is 23.4. The van der Waals surface area contributed by atoms with Gasteiger partial charge in [0.05, 0.1) is 12.1 Å². The van der Waals surface area contributed by atoms with Gasteiger partial charge in [-0.1, -0.05) is 6.07 Å². The fraction of sp³-hybridized carbons (Fsp3) is 0.273. The van der Waals surface area contributed by atoms with Gasteiger partial charge in [-0.05, 0) is 29.3 Å². The van der Waals surface area contributed by atoms with Crippen LogP contribution in [0.5, 0.6) is 5.75 Å². The minimum Gasteiger partial charge on any atom is -0.505 e. The highest BCUT2D eigenvalue weighted by molar-refractivity contribution is 6.01. The molecule has 168 valence electrons. The third-order valence-electron chi connectivity index (χ3n) is 4.86. The summed E-state index contributed by atoms with van der Waals surface area (Å²) in [7, 11) is 2.95. The number of nitrogens with zero attached hydrogens (tertiary/aromatic N) is 2. The van der Waals surface area contributed by atoms with Crippen molar-refractivity contribution >= 4 is 28.5 Å². The van der Waals surface area contributed by atoms with E-state index in [0.29, 0.717) is 22.3 Å². The Bertz CT molecular complexity index is 1260. The van der Waals surface area contributed by atoms with Crippen LogP contribution in [0.3, 0.4) is 0 Å². The summed E-state index contributed by atoms with van der Waals surface area (Å²) in [6.07, 6.45) is 1.77. The summed E-state index contributed by atoms with van der Waals surface area (Å²) in [5, 5.41) is 15.7. The average Bonchev–Trinajstić information content (AvgIpc) is 2.74. The lowest BCUT2D eigenvalue weighted by atomic mass is 10.0. The number of halogens is 1. The highest BCUT2D eigenvalue weighted by atomic mass is 19.1. The van der Waals surface area contributed by atoms with Gasteiger partial charge in [0, 0.05) is 45.9 Å². The number of amides is 2. The van der Waals surface area contributed by atoms with Crippen LogP contribution in [0, 0.1) is 5.82 Å². The Labute approximate surface area is 182 Å². The summed E-state index contributed by atoms with van der Waals surface area (Å²) in [6, 6.07) is 5.71. The molecule has 32 heavy (non-hydrogen) atoms. The summed E-state index contributed by atoms with van der Waals surface area (Å²) >= 11 is 0. The number of methoxy groups -OCH3 is 1. The second kappa shape index (κ2) is 9.56. The molecule has 0 saturated heterocycles. The average molecular weight is 442 g/mol. The number of aromatic nitrogens is 2. The predicted molar refractivity (Wildman–Crippen MR) is 116 cm³/mol. The first-order valence-electron chi connectivity index (χ1n) is 9.76. The number of pyridine rings is 2. The number of anilines is 1. The normalized spacial score (nSPS) is 10.9. The number of nitrogens with one attached hydrogen (secondary N) is 2. The molecular weight excluding hydrogens is 419 g/mol. The van der Waals surface area contributed by atoms with Crippen molar-refractivity contribution in [3.8, 4) is 5.75 Å². The van der Waals surface area contributed by atoms with Gasteiger partial charge in [0.2, 0.25) is 5.91 Å². The van der Waals surface area contributed by atoms with Crippen molar-refractivity contribution in [1.29, 1.82) is 0 Å². The standard InChI is InChI=1S/C22H23FN4O5/c1-12(28)26-16-10-15(23)5-4-14(16)8-13-9-17-19(25-11-13)20(29)18(22(31)27(17)2)21(30)24-6-7-32-3/h4-5,9-11,29H,6-8H2,1-3H3,(H,24,30)(H,26,28). The monoisotopic (exact) mass is 442 g/mol. The zero-order valence-corrected chi connectivity index (χ0v) is 17.9. The molecule has 3 aromatic rings. The van der Waals surface area contributed by atoms with E-state index in [2.05, 4.69) is 15.6 Å². The van der Waals surface area contributed by atoms with Gasteiger partial charge in [0.1, 0.15) is 16.9 Å². The second-order valence-corrected chi connectivity index (χ2v) is 7.21. The van der Waals surface area contributed by atoms with Crippen molar-refractivity contribution < 1.29 is 23.8 Å². The maximum Gasteiger partial charge on any atom is 0.267 e. The van der Waals surface area contributed by atoms with Gasteiger partial charge < -0.3 is 25.0 Å². The highest BCUT2D eigenvalue weighted by Crippen LogP contribution is 2.27. The highest BCUT2D eigenvalue weighted by Gasteiger charge is 2.22. The van der Waals surface area contributed by atoms with E-state index in [1.165, 1.54) is 44.0 Å². The number of carbonyl (C=O) groups excluding carboxylic acids is 2. The van der Waals surface area contributed by atoms with E-state index < -0.39 is 28.6 Å². The quantitative estimate of drug-likeness (QED) is 0.479. The third kappa shape index (κ3) is 4.75. The van der Waals surface area contributed by atoms with E-state index in [4.69, 9.17) is 4.74 Å². The van der Waals surface area contributed by atoms with Gasteiger partial charge in [0.25, 0.3) is 11.5 Å². The van der Waals surface area contributed by atoms with Crippen LogP contribution in [0.15, 0.2) is 35.3 Å². The molecule has 0 spiro atoms. The van der Waals surface area contributed by atoms with Crippen molar-refractivity contribution in [2.24, 2.45) is 7.05 Å². The number of hydrogen-bond donors (Lipinski definition) is 3. The molecular formula is C22H23FN4O5. The van der Waals surface area contributed by atoms with Crippen molar-refractivity contribution in [2.45, 2.75) is 13.3 Å². The lowest BCUT2D eigenvalue weighted by Crippen LogP contribution is -2.34. The molecule has 3 rings (SSSR count). The largest absolute Gasteiger partial charge is 0.505 e. The molecule has 0 atom stereocenters. The molecule has 0 fully saturated rings. The number of ether oxygens (including phenoxy) is 1. The Morgan fingerprint density at radius 1 is 1.28 bits per heavy atom. The molecule has 10 heteroatoms. The van der Waals surface area contributed by atoms with Crippen LogP contribution in [0.4, 0.5) is 10.1 Å². The van der Waals surface area contributed by atoms with Crippen LogP contribution in [-0.2, 0) is 23.0 Å². The second-order valence-electron chi connectivity index (χ2n) is 7.21. The summed E-state index contributed by atoms with van der Waals surface area (Å²) in [5.74, 6) is -2.06. The lowest BCUT2D eigenvalue weighted by Gasteiger charge is -2.14. The van der Waals surface area contributed by atoms with Crippen molar-refractivity contribution in [2.75, 3.05) is 25.6 Å². The molecule has 0 unspecified atom stereocenters. The smallest absolute Gasteiger partial charge is 0.267 e. The molecule has 0 bridgehead atoms. The van der Waals surface area contributed by atoms with E-state index in [1.807, 2.05) is 0 Å². The Balaban J connectivity index is 2.01. The lowest BCUT2D eigenvalue weighted by molar-refractivity contribution is -0.114. The summed E-state index contributed by atoms with van der Waals surface area (Å²) < 4.78 is 19.7. The van der Waals surface area contributed by atoms with Gasteiger partial charge in [-0.25, -0.2) is 4.39 Å². The van der Waals surface area contributed by atoms with Crippen LogP contribution in [-0.4, -0.2) is 46.7 Å². The molecule has 2 amide bonds. The van der Waals surface area contributed by atoms with E-state index in [9.17, 15) is 23.9 Å². The molecule has 3 N–H and O–H groups in total. The molecule has 0 saturated carbocycles. The summed E-state index contributed by atoms with van der Waals surface area (Å²) in [6.45, 7) is 1.76. The topological polar surface area (TPSA) is 123 Å². The zero-order valence-electron chi connectivity index (χ0n) is 17.9. The number of aryl methyl sites for hydroxylation is 1. The van der Waals surface area contributed by atoms with Crippen LogP contribution < -0.4 is 16.2 Å². The Kier molecular flexibility index (Phi) is 6.84. The van der Waals surface area contributed by atoms with Gasteiger partial charge in [-0.3, -0.25) is 19.4 Å². The molecule has 0 aliphatic heterocycles. The number of carbonyl (C=O) groups is 2. The summed E-state index contributed by atoms with van der Waals surface area (Å²) in [5.41, 5.74) is 0.967. The Morgan fingerprint density at radius 3 is 2.72 bits per heavy atom. The number of hydrogen-bond acceptors (Lipinski definition) is 6. The molecule has 0 radical (unpaired) electrons. The Morgan fingerprint density at radius 2 is 2.03 bits per heavy atom. The first-order chi connectivity index (χ1) is 15.2. The van der Waals surface area contributed by atoms with Crippen molar-refractivity contribution in [1.82, 2.24) is 14.9 Å². The van der Waals surface area contributed by atoms with Gasteiger partial charge in [-0.15, -0.1) is 0 Å². The molecule has 1 aromatic carbocycles. The van der Waals surface area contributed by atoms with Crippen molar-refractivity contribution in [3.63, 3.8) is 0 Å². The first kappa shape index (κ1) is 22.9. The number of benzene rings is 1. The van der Waals surface area contributed by atoms with Gasteiger partial charge in [-0.2, -0.15) is 0 Å². The number of fused-ring (bicyclic) bond motifs is 1. The van der Waals surface area contributed by atoms with Crippen LogP contribution in [0.2, 0.25) is 0 Å². The third-order valence-corrected chi connectivity index (χ3v) is 4.86. The molecule has 0 aliphatic rings. The molecule has 9 nitrogen and oxygen atoms in total. The van der Waals surface area contributed by atoms with E-state index in [0.717, 1.165) is 0 Å². The fourth-order valence-corrected chi connectivity index (χ4v) is 3.31. The van der Waals surface area contributed by atoms with Crippen molar-refractivity contribution in [3.05, 3.63) is 63.3 Å². The van der Waals surface area contributed by atoms with Crippen LogP contribution >= 0.6 is 0 Å². The van der Waals surface area contributed by atoms with Crippen LogP contribution in [0.1, 0.15) is 28.4 Å². The number of rotatable bonds is 7. The van der Waals surface area contributed by atoms with Gasteiger partial charge in [0.15, 0.2) is 5.75 Å². The first-order valence-corrected chi connectivity index (χ1v) is 9.76. The van der Waals surface area contributed by atoms with E-state index in [1.54, 1.807) is 12.1 Å². The molecule has 2 aromatic heterocycles. The maximum atomic E-state index is 13.6. The maximum absolute atomic E-state index is 13.6. The molecule has 2 heterocycles. The fourth-order valence-electron chi connectivity index (χ4n) is 3.31. The van der Waals surface area contributed by atoms with Gasteiger partial charge >= 0.3 is 0 Å². The van der Waals surface area contributed by atoms with E-state index >= 15 is 0 Å². The van der Waals surface area contributed by atoms with Crippen LogP contribution in [0.25, 0.3) is 11.0 Å². The Hall–Kier alpha value is -3.79. The SMILES string of the molecule is COCCNC(=O)c1c(O)c2ncc(Cc3ccc(F)cc3NC(C)=O)cc2n(C)c1=O. The minimum absolute atomic E-state index is 0.0916. The minimum atomic E-state index is -0.723. The summed E-state index contributed by atoms with van der Waals surface area (Å²) in [4.78, 5) is 40.8. The molecule has 0 aliphatic carbocycles. The van der Waals surface area contributed by atoms with E-state index in [-0.39, 0.29) is 31.0 Å². The predicted octanol–water partition coefficient (Wildman–Crippen LogP) is 1.70. The number of aromatic hydroxyl groups is 1.